The molecule has 5 heteroatoms. The van der Waals surface area contributed by atoms with Crippen molar-refractivity contribution in [2.45, 2.75) is 0 Å². The van der Waals surface area contributed by atoms with Crippen molar-refractivity contribution < 1.29 is 4.68 Å². The van der Waals surface area contributed by atoms with E-state index in [4.69, 9.17) is 11.6 Å². The van der Waals surface area contributed by atoms with Crippen LogP contribution in [0.3, 0.4) is 0 Å². The minimum Gasteiger partial charge on any atom is -0.350 e. The first kappa shape index (κ1) is 10.4. The lowest BCUT2D eigenvalue weighted by Crippen LogP contribution is -2.46. The van der Waals surface area contributed by atoms with E-state index in [1.165, 1.54) is 0 Å². The van der Waals surface area contributed by atoms with Crippen LogP contribution in [0.1, 0.15) is 0 Å². The molecule has 3 aromatic rings. The summed E-state index contributed by atoms with van der Waals surface area (Å²) in [6.45, 7) is 0. The van der Waals surface area contributed by atoms with E-state index in [-0.39, 0.29) is 5.56 Å². The second-order valence-electron chi connectivity index (χ2n) is 4.14. The number of hydrogen-bond acceptors (Lipinski definition) is 1. The number of nitrogens with one attached hydrogen (secondary N) is 1. The second-order valence-corrected chi connectivity index (χ2v) is 4.57. The summed E-state index contributed by atoms with van der Waals surface area (Å²) in [6.07, 6.45) is 1.92. The summed E-state index contributed by atoms with van der Waals surface area (Å²) in [5, 5.41) is 2.54. The Morgan fingerprint density at radius 3 is 2.88 bits per heavy atom. The third-order valence-corrected chi connectivity index (χ3v) is 3.33. The van der Waals surface area contributed by atoms with Gasteiger partial charge in [-0.1, -0.05) is 11.6 Å². The Kier molecular flexibility index (Phi) is 2.03. The quantitative estimate of drug-likeness (QED) is 0.602. The SMILES string of the molecule is Cn1c(=O)c2[nH]c3ccc(Cl)cc3c2c[n+]1C. The van der Waals surface area contributed by atoms with Gasteiger partial charge < -0.3 is 4.98 Å². The molecule has 1 N–H and O–H groups in total. The Bertz CT molecular complexity index is 801. The summed E-state index contributed by atoms with van der Waals surface area (Å²) in [5.41, 5.74) is 1.49. The van der Waals surface area contributed by atoms with Gasteiger partial charge in [0.25, 0.3) is 0 Å². The highest BCUT2D eigenvalue weighted by Crippen LogP contribution is 2.25. The number of nitrogens with zero attached hydrogens (tertiary/aromatic N) is 2. The van der Waals surface area contributed by atoms with Gasteiger partial charge >= 0.3 is 5.56 Å². The number of hydrogen-bond donors (Lipinski definition) is 1. The number of fused-ring (bicyclic) bond motifs is 3. The van der Waals surface area contributed by atoms with E-state index in [1.54, 1.807) is 16.4 Å². The zero-order valence-electron chi connectivity index (χ0n) is 9.49. The number of aromatic nitrogens is 3. The van der Waals surface area contributed by atoms with E-state index < -0.39 is 0 Å². The molecule has 0 unspecified atom stereocenters. The van der Waals surface area contributed by atoms with Crippen LogP contribution in [0.5, 0.6) is 0 Å². The maximum atomic E-state index is 12.1. The van der Waals surface area contributed by atoms with Crippen LogP contribution in [0.25, 0.3) is 21.8 Å². The first-order chi connectivity index (χ1) is 8.08. The first-order valence-electron chi connectivity index (χ1n) is 5.25. The maximum Gasteiger partial charge on any atom is 0.324 e. The van der Waals surface area contributed by atoms with Gasteiger partial charge in [-0.2, -0.15) is 0 Å². The summed E-state index contributed by atoms with van der Waals surface area (Å²) >= 11 is 5.98. The molecular weight excluding hydrogens is 238 g/mol. The first-order valence-corrected chi connectivity index (χ1v) is 5.62. The molecule has 0 aliphatic carbocycles. The number of halogens is 1. The lowest BCUT2D eigenvalue weighted by molar-refractivity contribution is -0.755. The average Bonchev–Trinajstić information content (AvgIpc) is 2.65. The Balaban J connectivity index is 2.62. The molecule has 2 aromatic heterocycles. The van der Waals surface area contributed by atoms with E-state index in [1.807, 2.05) is 31.4 Å². The Labute approximate surface area is 102 Å². The van der Waals surface area contributed by atoms with Crippen molar-refractivity contribution in [2.24, 2.45) is 14.1 Å². The van der Waals surface area contributed by atoms with Crippen molar-refractivity contribution in [2.75, 3.05) is 0 Å². The van der Waals surface area contributed by atoms with Gasteiger partial charge in [0.2, 0.25) is 6.20 Å². The summed E-state index contributed by atoms with van der Waals surface area (Å²) in [4.78, 5) is 15.2. The van der Waals surface area contributed by atoms with E-state index >= 15 is 0 Å². The van der Waals surface area contributed by atoms with Crippen LogP contribution in [0.4, 0.5) is 0 Å². The normalized spacial score (nSPS) is 11.5. The zero-order chi connectivity index (χ0) is 12.2. The molecule has 0 spiro atoms. The van der Waals surface area contributed by atoms with Crippen LogP contribution in [-0.2, 0) is 14.1 Å². The van der Waals surface area contributed by atoms with Crippen LogP contribution in [0.2, 0.25) is 5.02 Å². The Morgan fingerprint density at radius 1 is 1.35 bits per heavy atom. The van der Waals surface area contributed by atoms with Crippen molar-refractivity contribution in [1.82, 2.24) is 9.67 Å². The molecule has 0 atom stereocenters. The molecule has 0 saturated carbocycles. The van der Waals surface area contributed by atoms with Gasteiger partial charge in [-0.15, -0.1) is 9.36 Å². The standard InChI is InChI=1S/C12H10ClN3O/c1-15-6-9-8-5-7(13)3-4-10(8)14-11(9)12(17)16(15)2/h3-6H,1-2H3/p+1. The molecule has 0 saturated heterocycles. The topological polar surface area (TPSA) is 41.7 Å². The third-order valence-electron chi connectivity index (χ3n) is 3.10. The number of H-pyrrole nitrogens is 1. The Morgan fingerprint density at radius 2 is 2.12 bits per heavy atom. The molecule has 0 bridgehead atoms. The van der Waals surface area contributed by atoms with Crippen molar-refractivity contribution in [3.63, 3.8) is 0 Å². The molecule has 1 aromatic carbocycles. The van der Waals surface area contributed by atoms with Crippen LogP contribution in [0.15, 0.2) is 29.2 Å². The monoisotopic (exact) mass is 248 g/mol. The second kappa shape index (κ2) is 3.34. The lowest BCUT2D eigenvalue weighted by atomic mass is 10.2. The van der Waals surface area contributed by atoms with E-state index in [2.05, 4.69) is 4.98 Å². The molecule has 0 fully saturated rings. The fourth-order valence-electron chi connectivity index (χ4n) is 2.07. The molecule has 0 radical (unpaired) electrons. The summed E-state index contributed by atoms with van der Waals surface area (Å²) in [5.74, 6) is 0. The van der Waals surface area contributed by atoms with Crippen molar-refractivity contribution >= 4 is 33.4 Å². The highest BCUT2D eigenvalue weighted by Gasteiger charge is 2.14. The molecular formula is C12H11ClN3O+. The molecule has 2 heterocycles. The molecule has 86 valence electrons. The fourth-order valence-corrected chi connectivity index (χ4v) is 2.24. The summed E-state index contributed by atoms with van der Waals surface area (Å²) in [7, 11) is 3.57. The van der Waals surface area contributed by atoms with Crippen molar-refractivity contribution in [3.8, 4) is 0 Å². The smallest absolute Gasteiger partial charge is 0.324 e. The van der Waals surface area contributed by atoms with Gasteiger partial charge in [-0.3, -0.25) is 4.79 Å². The zero-order valence-corrected chi connectivity index (χ0v) is 10.2. The van der Waals surface area contributed by atoms with Crippen LogP contribution in [0, 0.1) is 0 Å². The highest BCUT2D eigenvalue weighted by molar-refractivity contribution is 6.31. The number of rotatable bonds is 0. The predicted octanol–water partition coefficient (Wildman–Crippen LogP) is 1.50. The fraction of sp³-hybridized carbons (Fsp3) is 0.167. The highest BCUT2D eigenvalue weighted by atomic mass is 35.5. The van der Waals surface area contributed by atoms with E-state index in [9.17, 15) is 4.79 Å². The Hall–Kier alpha value is -1.81. The van der Waals surface area contributed by atoms with E-state index in [0.29, 0.717) is 10.5 Å². The van der Waals surface area contributed by atoms with Gasteiger partial charge in [0.05, 0.1) is 12.4 Å². The molecule has 0 aliphatic heterocycles. The van der Waals surface area contributed by atoms with Crippen LogP contribution < -0.4 is 10.2 Å². The van der Waals surface area contributed by atoms with E-state index in [0.717, 1.165) is 16.3 Å². The lowest BCUT2D eigenvalue weighted by Gasteiger charge is -1.96. The molecule has 0 aliphatic rings. The molecule has 3 rings (SSSR count). The predicted molar refractivity (Wildman–Crippen MR) is 67.2 cm³/mol. The average molecular weight is 249 g/mol. The minimum atomic E-state index is -0.0441. The third kappa shape index (κ3) is 1.37. The van der Waals surface area contributed by atoms with Crippen LogP contribution >= 0.6 is 11.6 Å². The largest absolute Gasteiger partial charge is 0.350 e. The van der Waals surface area contributed by atoms with Crippen molar-refractivity contribution in [3.05, 3.63) is 39.8 Å². The minimum absolute atomic E-state index is 0.0441. The molecule has 17 heavy (non-hydrogen) atoms. The number of aromatic amines is 1. The van der Waals surface area contributed by atoms with Gasteiger partial charge in [0.1, 0.15) is 5.52 Å². The van der Waals surface area contributed by atoms with Gasteiger partial charge in [-0.05, 0) is 18.2 Å². The van der Waals surface area contributed by atoms with Crippen LogP contribution in [-0.4, -0.2) is 9.67 Å². The number of benzene rings is 1. The number of aryl methyl sites for hydroxylation is 1. The van der Waals surface area contributed by atoms with Gasteiger partial charge in [0, 0.05) is 15.9 Å². The summed E-state index contributed by atoms with van der Waals surface area (Å²) in [6, 6.07) is 5.57. The molecule has 4 nitrogen and oxygen atoms in total. The summed E-state index contributed by atoms with van der Waals surface area (Å²) < 4.78 is 3.32. The maximum absolute atomic E-state index is 12.1. The van der Waals surface area contributed by atoms with Gasteiger partial charge in [-0.25, -0.2) is 0 Å². The van der Waals surface area contributed by atoms with Gasteiger partial charge in [0.15, 0.2) is 7.05 Å². The molecule has 0 amide bonds. The van der Waals surface area contributed by atoms with Crippen molar-refractivity contribution in [1.29, 1.82) is 0 Å².